The van der Waals surface area contributed by atoms with Gasteiger partial charge in [0.05, 0.1) is 0 Å². The second kappa shape index (κ2) is 9.40. The largest absolute Gasteiger partial charge is 0.348 e. The van der Waals surface area contributed by atoms with E-state index < -0.39 is 0 Å². The second-order valence-electron chi connectivity index (χ2n) is 7.75. The van der Waals surface area contributed by atoms with Gasteiger partial charge in [-0.05, 0) is 48.2 Å². The van der Waals surface area contributed by atoms with E-state index in [0.29, 0.717) is 18.7 Å². The zero-order valence-corrected chi connectivity index (χ0v) is 17.0. The highest BCUT2D eigenvalue weighted by Crippen LogP contribution is 2.28. The lowest BCUT2D eigenvalue weighted by Gasteiger charge is -2.33. The first-order chi connectivity index (χ1) is 14.7. The zero-order chi connectivity index (χ0) is 20.8. The average Bonchev–Trinajstić information content (AvgIpc) is 2.83. The van der Waals surface area contributed by atoms with Crippen LogP contribution in [0.2, 0.25) is 0 Å². The minimum absolute atomic E-state index is 0.0752. The molecule has 30 heavy (non-hydrogen) atoms. The topological polar surface area (TPSA) is 49.4 Å². The van der Waals surface area contributed by atoms with Crippen LogP contribution in [-0.4, -0.2) is 29.8 Å². The predicted octanol–water partition coefficient (Wildman–Crippen LogP) is 4.64. The normalized spacial score (nSPS) is 16.1. The van der Waals surface area contributed by atoms with Crippen molar-refractivity contribution in [2.75, 3.05) is 13.1 Å². The maximum atomic E-state index is 12.8. The van der Waals surface area contributed by atoms with Crippen LogP contribution in [0.25, 0.3) is 0 Å². The molecule has 0 aliphatic carbocycles. The Morgan fingerprint density at radius 1 is 0.867 bits per heavy atom. The van der Waals surface area contributed by atoms with Gasteiger partial charge in [0.2, 0.25) is 0 Å². The van der Waals surface area contributed by atoms with Crippen molar-refractivity contribution in [2.45, 2.75) is 25.3 Å². The predicted molar refractivity (Wildman–Crippen MR) is 118 cm³/mol. The van der Waals surface area contributed by atoms with Crippen LogP contribution in [-0.2, 0) is 6.54 Å². The summed E-state index contributed by atoms with van der Waals surface area (Å²) in [5.74, 6) is 0.249. The Morgan fingerprint density at radius 2 is 1.57 bits per heavy atom. The van der Waals surface area contributed by atoms with Gasteiger partial charge in [0.1, 0.15) is 0 Å². The highest BCUT2D eigenvalue weighted by molar-refractivity contribution is 5.95. The molecule has 3 aromatic carbocycles. The summed E-state index contributed by atoms with van der Waals surface area (Å²) in [4.78, 5) is 27.4. The molecule has 1 aliphatic rings. The number of carbonyl (C=O) groups is 2. The highest BCUT2D eigenvalue weighted by atomic mass is 16.2. The minimum Gasteiger partial charge on any atom is -0.348 e. The molecule has 0 radical (unpaired) electrons. The van der Waals surface area contributed by atoms with Crippen LogP contribution < -0.4 is 5.32 Å². The molecule has 4 nitrogen and oxygen atoms in total. The Kier molecular flexibility index (Phi) is 6.23. The summed E-state index contributed by atoms with van der Waals surface area (Å²) in [5, 5.41) is 2.99. The molecule has 1 fully saturated rings. The standard InChI is InChI=1S/C26H26N2O2/c29-25(27-18-20-9-3-1-4-10-20)23-14-7-13-22(17-23)24-15-8-16-28(19-24)26(30)21-11-5-2-6-12-21/h1-7,9-14,17,24H,8,15-16,18-19H2,(H,27,29). The summed E-state index contributed by atoms with van der Waals surface area (Å²) < 4.78 is 0. The van der Waals surface area contributed by atoms with Gasteiger partial charge in [-0.2, -0.15) is 0 Å². The van der Waals surface area contributed by atoms with E-state index in [2.05, 4.69) is 11.4 Å². The lowest BCUT2D eigenvalue weighted by atomic mass is 9.89. The number of nitrogens with one attached hydrogen (secondary N) is 1. The van der Waals surface area contributed by atoms with Crippen LogP contribution in [0, 0.1) is 0 Å². The van der Waals surface area contributed by atoms with Crippen LogP contribution in [0.1, 0.15) is 50.6 Å². The molecule has 3 aromatic rings. The number of carbonyl (C=O) groups excluding carboxylic acids is 2. The Morgan fingerprint density at radius 3 is 2.33 bits per heavy atom. The first-order valence-electron chi connectivity index (χ1n) is 10.5. The van der Waals surface area contributed by atoms with Crippen molar-refractivity contribution in [2.24, 2.45) is 0 Å². The zero-order valence-electron chi connectivity index (χ0n) is 17.0. The van der Waals surface area contributed by atoms with Gasteiger partial charge in [-0.1, -0.05) is 60.7 Å². The number of rotatable bonds is 5. The fourth-order valence-electron chi connectivity index (χ4n) is 4.01. The molecule has 0 aromatic heterocycles. The summed E-state index contributed by atoms with van der Waals surface area (Å²) in [6, 6.07) is 27.1. The first kappa shape index (κ1) is 19.9. The molecule has 1 heterocycles. The molecular formula is C26H26N2O2. The summed E-state index contributed by atoms with van der Waals surface area (Å²) in [6.45, 7) is 1.97. The van der Waals surface area contributed by atoms with Crippen molar-refractivity contribution in [3.8, 4) is 0 Å². The maximum Gasteiger partial charge on any atom is 0.253 e. The second-order valence-corrected chi connectivity index (χ2v) is 7.75. The molecule has 152 valence electrons. The summed E-state index contributed by atoms with van der Waals surface area (Å²) in [7, 11) is 0. The third-order valence-corrected chi connectivity index (χ3v) is 5.65. The third kappa shape index (κ3) is 4.77. The Labute approximate surface area is 177 Å². The number of amides is 2. The number of piperidine rings is 1. The van der Waals surface area contributed by atoms with Crippen molar-refractivity contribution in [1.82, 2.24) is 10.2 Å². The van der Waals surface area contributed by atoms with E-state index >= 15 is 0 Å². The lowest BCUT2D eigenvalue weighted by molar-refractivity contribution is 0.0706. The molecule has 1 atom stereocenters. The van der Waals surface area contributed by atoms with E-state index in [9.17, 15) is 9.59 Å². The van der Waals surface area contributed by atoms with Crippen molar-refractivity contribution in [1.29, 1.82) is 0 Å². The third-order valence-electron chi connectivity index (χ3n) is 5.65. The van der Waals surface area contributed by atoms with Gasteiger partial charge >= 0.3 is 0 Å². The van der Waals surface area contributed by atoms with Gasteiger partial charge in [-0.15, -0.1) is 0 Å². The first-order valence-corrected chi connectivity index (χ1v) is 10.5. The summed E-state index contributed by atoms with van der Waals surface area (Å²) >= 11 is 0. The molecule has 1 unspecified atom stereocenters. The van der Waals surface area contributed by atoms with E-state index in [4.69, 9.17) is 0 Å². The monoisotopic (exact) mass is 398 g/mol. The minimum atomic E-state index is -0.0752. The number of benzene rings is 3. The lowest BCUT2D eigenvalue weighted by Crippen LogP contribution is -2.39. The molecule has 2 amide bonds. The molecule has 4 rings (SSSR count). The number of likely N-dealkylation sites (tertiary alicyclic amines) is 1. The fraction of sp³-hybridized carbons (Fsp3) is 0.231. The molecule has 1 saturated heterocycles. The van der Waals surface area contributed by atoms with Gasteiger partial charge in [0, 0.05) is 36.7 Å². The quantitative estimate of drug-likeness (QED) is 0.681. The van der Waals surface area contributed by atoms with Gasteiger partial charge < -0.3 is 10.2 Å². The van der Waals surface area contributed by atoms with Gasteiger partial charge in [-0.3, -0.25) is 9.59 Å². The molecule has 0 bridgehead atoms. The van der Waals surface area contributed by atoms with Crippen LogP contribution in [0.4, 0.5) is 0 Å². The van der Waals surface area contributed by atoms with E-state index in [-0.39, 0.29) is 17.7 Å². The molecule has 0 saturated carbocycles. The van der Waals surface area contributed by atoms with Gasteiger partial charge in [0.15, 0.2) is 0 Å². The molecule has 4 heteroatoms. The molecule has 0 spiro atoms. The summed E-state index contributed by atoms with van der Waals surface area (Å²) in [6.07, 6.45) is 1.99. The smallest absolute Gasteiger partial charge is 0.253 e. The highest BCUT2D eigenvalue weighted by Gasteiger charge is 2.25. The molecule has 1 N–H and O–H groups in total. The van der Waals surface area contributed by atoms with Crippen molar-refractivity contribution in [3.63, 3.8) is 0 Å². The van der Waals surface area contributed by atoms with E-state index in [1.54, 1.807) is 0 Å². The Balaban J connectivity index is 1.42. The average molecular weight is 399 g/mol. The van der Waals surface area contributed by atoms with Crippen LogP contribution in [0.15, 0.2) is 84.9 Å². The SMILES string of the molecule is O=C(NCc1ccccc1)c1cccc(C2CCCN(C(=O)c3ccccc3)C2)c1. The Bertz CT molecular complexity index is 1000. The van der Waals surface area contributed by atoms with Gasteiger partial charge in [0.25, 0.3) is 11.8 Å². The van der Waals surface area contributed by atoms with Crippen LogP contribution in [0.5, 0.6) is 0 Å². The maximum absolute atomic E-state index is 12.8. The van der Waals surface area contributed by atoms with Crippen molar-refractivity contribution < 1.29 is 9.59 Å². The molecule has 1 aliphatic heterocycles. The van der Waals surface area contributed by atoms with E-state index in [1.807, 2.05) is 83.8 Å². The van der Waals surface area contributed by atoms with Crippen LogP contribution >= 0.6 is 0 Å². The van der Waals surface area contributed by atoms with Crippen molar-refractivity contribution in [3.05, 3.63) is 107 Å². The number of hydrogen-bond donors (Lipinski definition) is 1. The van der Waals surface area contributed by atoms with E-state index in [1.165, 1.54) is 0 Å². The van der Waals surface area contributed by atoms with Crippen LogP contribution in [0.3, 0.4) is 0 Å². The number of nitrogens with zero attached hydrogens (tertiary/aromatic N) is 1. The Hall–Kier alpha value is -3.40. The van der Waals surface area contributed by atoms with Crippen molar-refractivity contribution >= 4 is 11.8 Å². The number of hydrogen-bond acceptors (Lipinski definition) is 2. The fourth-order valence-corrected chi connectivity index (χ4v) is 4.01. The van der Waals surface area contributed by atoms with E-state index in [0.717, 1.165) is 36.1 Å². The van der Waals surface area contributed by atoms with Gasteiger partial charge in [-0.25, -0.2) is 0 Å². The molecular weight excluding hydrogens is 372 g/mol. The summed E-state index contributed by atoms with van der Waals surface area (Å²) in [5.41, 5.74) is 3.58.